The Morgan fingerprint density at radius 2 is 2.08 bits per heavy atom. The predicted molar refractivity (Wildman–Crippen MR) is 93.0 cm³/mol. The molecule has 2 fully saturated rings. The maximum atomic E-state index is 12.3. The molecule has 1 aliphatic carbocycles. The average molecular weight is 351 g/mol. The van der Waals surface area contributed by atoms with E-state index < -0.39 is 10.0 Å². The van der Waals surface area contributed by atoms with Gasteiger partial charge in [-0.05, 0) is 50.2 Å². The number of carbonyl (C=O) groups is 1. The van der Waals surface area contributed by atoms with Gasteiger partial charge in [0.2, 0.25) is 15.9 Å². The smallest absolute Gasteiger partial charge is 0.233 e. The fourth-order valence-corrected chi connectivity index (χ4v) is 4.33. The Balaban J connectivity index is 1.62. The topological polar surface area (TPSA) is 88.2 Å². The molecule has 2 aliphatic rings. The molecule has 1 aliphatic heterocycles. The molecule has 1 aromatic heterocycles. The van der Waals surface area contributed by atoms with E-state index >= 15 is 0 Å². The zero-order chi connectivity index (χ0) is 17.2. The van der Waals surface area contributed by atoms with E-state index in [1.165, 1.54) is 19.3 Å². The Morgan fingerprint density at radius 1 is 1.29 bits per heavy atom. The molecule has 132 valence electrons. The monoisotopic (exact) mass is 351 g/mol. The summed E-state index contributed by atoms with van der Waals surface area (Å²) in [7, 11) is -3.31. The highest BCUT2D eigenvalue weighted by Gasteiger charge is 2.36. The van der Waals surface area contributed by atoms with Gasteiger partial charge in [0.15, 0.2) is 0 Å². The Kier molecular flexibility index (Phi) is 5.08. The molecule has 1 saturated carbocycles. The standard InChI is InChI=1S/C17H25N3O3S/c1-2-24(22,23)20-16-8-7-12(11-18-16)9-14-10-13-5-3-4-6-15(13)19-17(14)21/h7-8,11,13-15H,2-6,9-10H2,1H3,(H,18,20)(H,19,21). The molecule has 0 radical (unpaired) electrons. The third kappa shape index (κ3) is 4.06. The Hall–Kier alpha value is -1.63. The second-order valence-corrected chi connectivity index (χ2v) is 8.86. The molecule has 1 saturated heterocycles. The summed E-state index contributed by atoms with van der Waals surface area (Å²) in [5.74, 6) is 1.07. The lowest BCUT2D eigenvalue weighted by Crippen LogP contribution is -2.51. The van der Waals surface area contributed by atoms with Crippen LogP contribution in [-0.2, 0) is 21.2 Å². The first-order chi connectivity index (χ1) is 11.5. The third-order valence-corrected chi connectivity index (χ3v) is 6.42. The molecular weight excluding hydrogens is 326 g/mol. The summed E-state index contributed by atoms with van der Waals surface area (Å²) in [5.41, 5.74) is 0.962. The molecule has 0 bridgehead atoms. The summed E-state index contributed by atoms with van der Waals surface area (Å²) in [4.78, 5) is 16.5. The Labute approximate surface area is 143 Å². The number of fused-ring (bicyclic) bond motifs is 1. The first-order valence-corrected chi connectivity index (χ1v) is 10.4. The molecule has 7 heteroatoms. The van der Waals surface area contributed by atoms with Crippen molar-refractivity contribution in [1.82, 2.24) is 10.3 Å². The minimum absolute atomic E-state index is 0.00988. The normalized spacial score (nSPS) is 27.2. The van der Waals surface area contributed by atoms with Gasteiger partial charge >= 0.3 is 0 Å². The van der Waals surface area contributed by atoms with Crippen molar-refractivity contribution in [3.05, 3.63) is 23.9 Å². The highest BCUT2D eigenvalue weighted by molar-refractivity contribution is 7.92. The lowest BCUT2D eigenvalue weighted by atomic mass is 9.74. The molecule has 0 spiro atoms. The van der Waals surface area contributed by atoms with Crippen LogP contribution >= 0.6 is 0 Å². The van der Waals surface area contributed by atoms with Crippen molar-refractivity contribution in [1.29, 1.82) is 0 Å². The van der Waals surface area contributed by atoms with E-state index in [9.17, 15) is 13.2 Å². The molecule has 1 aromatic rings. The number of anilines is 1. The van der Waals surface area contributed by atoms with Crippen LogP contribution in [0.5, 0.6) is 0 Å². The number of piperidine rings is 1. The van der Waals surface area contributed by atoms with Gasteiger partial charge in [-0.25, -0.2) is 13.4 Å². The number of hydrogen-bond acceptors (Lipinski definition) is 4. The molecule has 1 amide bonds. The van der Waals surface area contributed by atoms with Crippen molar-refractivity contribution < 1.29 is 13.2 Å². The molecule has 0 aromatic carbocycles. The number of amides is 1. The summed E-state index contributed by atoms with van der Waals surface area (Å²) in [6.07, 6.45) is 8.05. The van der Waals surface area contributed by atoms with Crippen LogP contribution < -0.4 is 10.0 Å². The van der Waals surface area contributed by atoms with Crippen LogP contribution in [0.2, 0.25) is 0 Å². The minimum Gasteiger partial charge on any atom is -0.353 e. The molecule has 6 nitrogen and oxygen atoms in total. The van der Waals surface area contributed by atoms with Crippen LogP contribution in [0.3, 0.4) is 0 Å². The van der Waals surface area contributed by atoms with Gasteiger partial charge in [-0.2, -0.15) is 0 Å². The first-order valence-electron chi connectivity index (χ1n) is 8.72. The van der Waals surface area contributed by atoms with Gasteiger partial charge in [0.1, 0.15) is 5.82 Å². The summed E-state index contributed by atoms with van der Waals surface area (Å²) >= 11 is 0. The van der Waals surface area contributed by atoms with E-state index in [0.29, 0.717) is 24.2 Å². The van der Waals surface area contributed by atoms with Gasteiger partial charge in [-0.15, -0.1) is 0 Å². The fourth-order valence-electron chi connectivity index (χ4n) is 3.75. The second kappa shape index (κ2) is 7.09. The number of nitrogens with one attached hydrogen (secondary N) is 2. The molecule has 3 rings (SSSR count). The minimum atomic E-state index is -3.31. The first kappa shape index (κ1) is 17.2. The van der Waals surface area contributed by atoms with E-state index in [4.69, 9.17) is 0 Å². The lowest BCUT2D eigenvalue weighted by Gasteiger charge is -2.39. The molecule has 3 unspecified atom stereocenters. The van der Waals surface area contributed by atoms with Crippen molar-refractivity contribution in [3.8, 4) is 0 Å². The van der Waals surface area contributed by atoms with Gasteiger partial charge in [0, 0.05) is 18.2 Å². The van der Waals surface area contributed by atoms with E-state index in [0.717, 1.165) is 18.4 Å². The van der Waals surface area contributed by atoms with Gasteiger partial charge in [-0.1, -0.05) is 18.9 Å². The molecule has 24 heavy (non-hydrogen) atoms. The lowest BCUT2D eigenvalue weighted by molar-refractivity contribution is -0.129. The van der Waals surface area contributed by atoms with Crippen molar-refractivity contribution in [2.45, 2.75) is 51.5 Å². The summed E-state index contributed by atoms with van der Waals surface area (Å²) in [5, 5.41) is 3.19. The fraction of sp³-hybridized carbons (Fsp3) is 0.647. The number of pyridine rings is 1. The van der Waals surface area contributed by atoms with Crippen LogP contribution in [-0.4, -0.2) is 31.1 Å². The van der Waals surface area contributed by atoms with Crippen molar-refractivity contribution in [2.75, 3.05) is 10.5 Å². The molecule has 3 atom stereocenters. The maximum Gasteiger partial charge on any atom is 0.233 e. The number of aromatic nitrogens is 1. The Morgan fingerprint density at radius 3 is 2.79 bits per heavy atom. The van der Waals surface area contributed by atoms with Gasteiger partial charge in [0.05, 0.1) is 5.75 Å². The number of hydrogen-bond donors (Lipinski definition) is 2. The van der Waals surface area contributed by atoms with E-state index in [2.05, 4.69) is 15.0 Å². The SMILES string of the molecule is CCS(=O)(=O)Nc1ccc(CC2CC3CCCCC3NC2=O)cn1. The number of carbonyl (C=O) groups excluding carboxylic acids is 1. The molecular formula is C17H25N3O3S. The molecule has 2 heterocycles. The van der Waals surface area contributed by atoms with Crippen LogP contribution in [0.25, 0.3) is 0 Å². The largest absolute Gasteiger partial charge is 0.353 e. The zero-order valence-electron chi connectivity index (χ0n) is 14.0. The van der Waals surface area contributed by atoms with Crippen LogP contribution in [0, 0.1) is 11.8 Å². The highest BCUT2D eigenvalue weighted by Crippen LogP contribution is 2.34. The van der Waals surface area contributed by atoms with E-state index in [-0.39, 0.29) is 17.6 Å². The van der Waals surface area contributed by atoms with Gasteiger partial charge in [-0.3, -0.25) is 9.52 Å². The van der Waals surface area contributed by atoms with Crippen molar-refractivity contribution in [3.63, 3.8) is 0 Å². The molecule has 2 N–H and O–H groups in total. The van der Waals surface area contributed by atoms with E-state index in [1.54, 1.807) is 19.2 Å². The average Bonchev–Trinajstić information content (AvgIpc) is 2.57. The van der Waals surface area contributed by atoms with Gasteiger partial charge < -0.3 is 5.32 Å². The van der Waals surface area contributed by atoms with Crippen molar-refractivity contribution in [2.24, 2.45) is 11.8 Å². The number of nitrogens with zero attached hydrogens (tertiary/aromatic N) is 1. The second-order valence-electron chi connectivity index (χ2n) is 6.85. The number of sulfonamides is 1. The quantitative estimate of drug-likeness (QED) is 0.850. The van der Waals surface area contributed by atoms with Crippen LogP contribution in [0.4, 0.5) is 5.82 Å². The third-order valence-electron chi connectivity index (χ3n) is 5.14. The van der Waals surface area contributed by atoms with Gasteiger partial charge in [0.25, 0.3) is 0 Å². The van der Waals surface area contributed by atoms with Crippen molar-refractivity contribution >= 4 is 21.7 Å². The Bertz CT molecular complexity index is 688. The highest BCUT2D eigenvalue weighted by atomic mass is 32.2. The van der Waals surface area contributed by atoms with E-state index in [1.807, 2.05) is 6.07 Å². The van der Waals surface area contributed by atoms with Crippen LogP contribution in [0.1, 0.15) is 44.6 Å². The zero-order valence-corrected chi connectivity index (χ0v) is 14.8. The van der Waals surface area contributed by atoms with Crippen LogP contribution in [0.15, 0.2) is 18.3 Å². The predicted octanol–water partition coefficient (Wildman–Crippen LogP) is 2.08. The summed E-state index contributed by atoms with van der Waals surface area (Å²) in [6, 6.07) is 3.87. The summed E-state index contributed by atoms with van der Waals surface area (Å²) in [6.45, 7) is 1.58. The maximum absolute atomic E-state index is 12.3. The summed E-state index contributed by atoms with van der Waals surface area (Å²) < 4.78 is 25.5. The number of rotatable bonds is 5.